The number of carbonyl (C=O) groups excluding carboxylic acids is 1. The van der Waals surface area contributed by atoms with Crippen molar-refractivity contribution in [2.45, 2.75) is 23.7 Å². The number of amides is 1. The highest BCUT2D eigenvalue weighted by atomic mass is 32.2. The third kappa shape index (κ3) is 3.92. The number of nitrogens with zero attached hydrogens (tertiary/aromatic N) is 1. The van der Waals surface area contributed by atoms with Gasteiger partial charge in [0.05, 0.1) is 16.3 Å². The molecule has 1 atom stereocenters. The first-order chi connectivity index (χ1) is 9.20. The molecule has 19 heavy (non-hydrogen) atoms. The Morgan fingerprint density at radius 1 is 1.53 bits per heavy atom. The molecule has 0 aliphatic carbocycles. The monoisotopic (exact) mass is 295 g/mol. The lowest BCUT2D eigenvalue weighted by atomic mass is 10.2. The Labute approximate surface area is 120 Å². The standard InChI is InChI=1S/C13H17N3OS2/c1-2-15-10(12(14)17)7-8-18-13-16-9-5-3-4-6-11(9)19-13/h3-6,10,15H,2,7-8H2,1H3,(H2,14,17). The van der Waals surface area contributed by atoms with Gasteiger partial charge >= 0.3 is 0 Å². The van der Waals surface area contributed by atoms with Crippen LogP contribution >= 0.6 is 23.1 Å². The van der Waals surface area contributed by atoms with E-state index in [0.717, 1.165) is 28.6 Å². The molecule has 0 radical (unpaired) electrons. The Bertz CT molecular complexity index is 523. The Balaban J connectivity index is 1.89. The van der Waals surface area contributed by atoms with Crippen LogP contribution < -0.4 is 11.1 Å². The van der Waals surface area contributed by atoms with E-state index in [1.54, 1.807) is 23.1 Å². The Morgan fingerprint density at radius 2 is 2.32 bits per heavy atom. The normalized spacial score (nSPS) is 12.7. The first-order valence-electron chi connectivity index (χ1n) is 6.21. The second-order valence-electron chi connectivity index (χ2n) is 4.10. The van der Waals surface area contributed by atoms with Gasteiger partial charge in [0.2, 0.25) is 5.91 Å². The van der Waals surface area contributed by atoms with Crippen LogP contribution in [0.5, 0.6) is 0 Å². The van der Waals surface area contributed by atoms with Crippen LogP contribution in [0.15, 0.2) is 28.6 Å². The second-order valence-corrected chi connectivity index (χ2v) is 6.47. The molecular weight excluding hydrogens is 278 g/mol. The summed E-state index contributed by atoms with van der Waals surface area (Å²) in [7, 11) is 0. The van der Waals surface area contributed by atoms with Crippen molar-refractivity contribution in [3.05, 3.63) is 24.3 Å². The number of rotatable bonds is 7. The molecule has 1 heterocycles. The van der Waals surface area contributed by atoms with Gasteiger partial charge in [-0.1, -0.05) is 30.8 Å². The smallest absolute Gasteiger partial charge is 0.234 e. The van der Waals surface area contributed by atoms with Crippen LogP contribution in [0.4, 0.5) is 0 Å². The number of carbonyl (C=O) groups is 1. The molecule has 0 aliphatic heterocycles. The first kappa shape index (κ1) is 14.3. The molecule has 4 nitrogen and oxygen atoms in total. The van der Waals surface area contributed by atoms with E-state index in [9.17, 15) is 4.79 Å². The van der Waals surface area contributed by atoms with Crippen molar-refractivity contribution < 1.29 is 4.79 Å². The molecule has 1 aromatic carbocycles. The van der Waals surface area contributed by atoms with Crippen LogP contribution in [0.25, 0.3) is 10.2 Å². The van der Waals surface area contributed by atoms with Gasteiger partial charge in [-0.3, -0.25) is 4.79 Å². The summed E-state index contributed by atoms with van der Waals surface area (Å²) in [4.78, 5) is 15.8. The van der Waals surface area contributed by atoms with Crippen LogP contribution in [0.3, 0.4) is 0 Å². The summed E-state index contributed by atoms with van der Waals surface area (Å²) in [6.45, 7) is 2.72. The first-order valence-corrected chi connectivity index (χ1v) is 8.02. The lowest BCUT2D eigenvalue weighted by molar-refractivity contribution is -0.120. The predicted octanol–water partition coefficient (Wildman–Crippen LogP) is 2.24. The quantitative estimate of drug-likeness (QED) is 0.769. The maximum Gasteiger partial charge on any atom is 0.234 e. The summed E-state index contributed by atoms with van der Waals surface area (Å²) in [5.74, 6) is 0.548. The van der Waals surface area contributed by atoms with Crippen LogP contribution in [-0.2, 0) is 4.79 Å². The fourth-order valence-corrected chi connectivity index (χ4v) is 3.91. The molecule has 2 rings (SSSR count). The number of thioether (sulfide) groups is 1. The van der Waals surface area contributed by atoms with Crippen molar-refractivity contribution in [2.24, 2.45) is 5.73 Å². The summed E-state index contributed by atoms with van der Waals surface area (Å²) in [5, 5.41) is 3.09. The Kier molecular flexibility index (Phi) is 5.18. The molecule has 102 valence electrons. The Morgan fingerprint density at radius 3 is 3.00 bits per heavy atom. The third-order valence-electron chi connectivity index (χ3n) is 2.70. The number of fused-ring (bicyclic) bond motifs is 1. The lowest BCUT2D eigenvalue weighted by Crippen LogP contribution is -2.41. The van der Waals surface area contributed by atoms with E-state index in [1.165, 1.54) is 4.70 Å². The molecule has 1 unspecified atom stereocenters. The van der Waals surface area contributed by atoms with Crippen molar-refractivity contribution in [3.63, 3.8) is 0 Å². The largest absolute Gasteiger partial charge is 0.368 e. The van der Waals surface area contributed by atoms with Gasteiger partial charge in [-0.25, -0.2) is 4.98 Å². The van der Waals surface area contributed by atoms with E-state index in [4.69, 9.17) is 5.73 Å². The number of primary amides is 1. The topological polar surface area (TPSA) is 68.0 Å². The molecular formula is C13H17N3OS2. The van der Waals surface area contributed by atoms with Crippen molar-refractivity contribution in [2.75, 3.05) is 12.3 Å². The number of hydrogen-bond acceptors (Lipinski definition) is 5. The SMILES string of the molecule is CCNC(CCSc1nc2ccccc2s1)C(N)=O. The zero-order chi connectivity index (χ0) is 13.7. The van der Waals surface area contributed by atoms with Crippen molar-refractivity contribution in [3.8, 4) is 0 Å². The summed E-state index contributed by atoms with van der Waals surface area (Å²) >= 11 is 3.36. The molecule has 0 aliphatic rings. The summed E-state index contributed by atoms with van der Waals surface area (Å²) in [5.41, 5.74) is 6.38. The number of nitrogens with two attached hydrogens (primary N) is 1. The highest BCUT2D eigenvalue weighted by Gasteiger charge is 2.13. The van der Waals surface area contributed by atoms with Crippen molar-refractivity contribution in [1.29, 1.82) is 0 Å². The highest BCUT2D eigenvalue weighted by molar-refractivity contribution is 8.01. The van der Waals surface area contributed by atoms with Gasteiger partial charge in [0, 0.05) is 5.75 Å². The minimum Gasteiger partial charge on any atom is -0.368 e. The summed E-state index contributed by atoms with van der Waals surface area (Å²) < 4.78 is 2.24. The average Bonchev–Trinajstić information content (AvgIpc) is 2.80. The summed E-state index contributed by atoms with van der Waals surface area (Å²) in [6.07, 6.45) is 0.726. The van der Waals surface area contributed by atoms with Gasteiger partial charge in [-0.05, 0) is 25.1 Å². The molecule has 0 saturated heterocycles. The molecule has 6 heteroatoms. The van der Waals surface area contributed by atoms with Gasteiger partial charge in [-0.15, -0.1) is 11.3 Å². The van der Waals surface area contributed by atoms with Crippen molar-refractivity contribution in [1.82, 2.24) is 10.3 Å². The van der Waals surface area contributed by atoms with Gasteiger partial charge in [0.15, 0.2) is 4.34 Å². The average molecular weight is 295 g/mol. The van der Waals surface area contributed by atoms with Crippen LogP contribution in [0, 0.1) is 0 Å². The highest BCUT2D eigenvalue weighted by Crippen LogP contribution is 2.29. The van der Waals surface area contributed by atoms with Gasteiger partial charge in [0.25, 0.3) is 0 Å². The van der Waals surface area contributed by atoms with E-state index in [1.807, 2.05) is 25.1 Å². The zero-order valence-electron chi connectivity index (χ0n) is 10.8. The van der Waals surface area contributed by atoms with E-state index in [-0.39, 0.29) is 11.9 Å². The fourth-order valence-electron chi connectivity index (χ4n) is 1.77. The molecule has 0 bridgehead atoms. The minimum absolute atomic E-state index is 0.244. The van der Waals surface area contributed by atoms with Crippen LogP contribution in [0.1, 0.15) is 13.3 Å². The minimum atomic E-state index is -0.285. The van der Waals surface area contributed by atoms with E-state index in [0.29, 0.717) is 0 Å². The zero-order valence-corrected chi connectivity index (χ0v) is 12.4. The summed E-state index contributed by atoms with van der Waals surface area (Å²) in [6, 6.07) is 7.85. The molecule has 0 saturated carbocycles. The fraction of sp³-hybridized carbons (Fsp3) is 0.385. The molecule has 2 aromatic rings. The molecule has 1 amide bonds. The third-order valence-corrected chi connectivity index (χ3v) is 4.91. The number of thiazole rings is 1. The predicted molar refractivity (Wildman–Crippen MR) is 81.6 cm³/mol. The van der Waals surface area contributed by atoms with E-state index < -0.39 is 0 Å². The number of hydrogen-bond donors (Lipinski definition) is 2. The number of aromatic nitrogens is 1. The van der Waals surface area contributed by atoms with Crippen LogP contribution in [0.2, 0.25) is 0 Å². The van der Waals surface area contributed by atoms with Crippen molar-refractivity contribution >= 4 is 39.2 Å². The van der Waals surface area contributed by atoms with Gasteiger partial charge in [-0.2, -0.15) is 0 Å². The maximum absolute atomic E-state index is 11.2. The number of para-hydroxylation sites is 1. The molecule has 0 fully saturated rings. The Hall–Kier alpha value is -1.11. The van der Waals surface area contributed by atoms with Crippen LogP contribution in [-0.4, -0.2) is 29.2 Å². The number of likely N-dealkylation sites (N-methyl/N-ethyl adjacent to an activating group) is 1. The van der Waals surface area contributed by atoms with Gasteiger partial charge in [0.1, 0.15) is 0 Å². The maximum atomic E-state index is 11.2. The number of nitrogens with one attached hydrogen (secondary N) is 1. The van der Waals surface area contributed by atoms with E-state index in [2.05, 4.69) is 16.4 Å². The lowest BCUT2D eigenvalue weighted by Gasteiger charge is -2.12. The number of benzene rings is 1. The molecule has 1 aromatic heterocycles. The molecule has 3 N–H and O–H groups in total. The molecule has 0 spiro atoms. The van der Waals surface area contributed by atoms with E-state index >= 15 is 0 Å². The second kappa shape index (κ2) is 6.88. The van der Waals surface area contributed by atoms with Gasteiger partial charge < -0.3 is 11.1 Å².